The molecule has 2 heterocycles. The molecule has 0 saturated carbocycles. The molecule has 2 aromatic heterocycles. The first-order valence-electron chi connectivity index (χ1n) is 7.76. The Balaban J connectivity index is 1.82. The van der Waals surface area contributed by atoms with E-state index in [0.717, 1.165) is 5.56 Å². The third kappa shape index (κ3) is 3.28. The van der Waals surface area contributed by atoms with Gasteiger partial charge in [-0.25, -0.2) is 9.37 Å². The van der Waals surface area contributed by atoms with Gasteiger partial charge in [0.05, 0.1) is 11.2 Å². The first kappa shape index (κ1) is 17.3. The number of benzene rings is 2. The minimum atomic E-state index is -0.350. The SMILES string of the molecule is O=c1c2sccc2nc(SCc2ccccc2Cl)n1-c1ccc(F)cc1. The molecule has 7 heteroatoms. The summed E-state index contributed by atoms with van der Waals surface area (Å²) in [5, 5.41) is 3.07. The Kier molecular flexibility index (Phi) is 4.80. The van der Waals surface area contributed by atoms with Crippen molar-refractivity contribution in [3.05, 3.63) is 86.7 Å². The quantitative estimate of drug-likeness (QED) is 0.332. The van der Waals surface area contributed by atoms with E-state index in [0.29, 0.717) is 31.8 Å². The number of thioether (sulfide) groups is 1. The highest BCUT2D eigenvalue weighted by molar-refractivity contribution is 7.98. The standard InChI is InChI=1S/C19H12ClFN2OS2/c20-15-4-2-1-3-12(15)11-26-19-22-16-9-10-25-17(16)18(24)23(19)14-7-5-13(21)6-8-14/h1-10H,11H2. The molecule has 0 atom stereocenters. The Morgan fingerprint density at radius 1 is 1.12 bits per heavy atom. The maximum absolute atomic E-state index is 13.3. The lowest BCUT2D eigenvalue weighted by Gasteiger charge is -2.12. The van der Waals surface area contributed by atoms with Crippen molar-refractivity contribution in [1.29, 1.82) is 0 Å². The molecule has 130 valence electrons. The molecule has 0 radical (unpaired) electrons. The molecule has 3 nitrogen and oxygen atoms in total. The minimum absolute atomic E-state index is 0.154. The second-order valence-electron chi connectivity index (χ2n) is 5.53. The summed E-state index contributed by atoms with van der Waals surface area (Å²) in [5.41, 5.74) is 2.06. The molecular weight excluding hydrogens is 391 g/mol. The third-order valence-electron chi connectivity index (χ3n) is 3.85. The van der Waals surface area contributed by atoms with E-state index in [1.165, 1.54) is 39.8 Å². The summed E-state index contributed by atoms with van der Waals surface area (Å²) in [5.74, 6) is 0.223. The molecule has 0 bridgehead atoms. The Morgan fingerprint density at radius 3 is 2.65 bits per heavy atom. The van der Waals surface area contributed by atoms with Crippen LogP contribution in [-0.4, -0.2) is 9.55 Å². The summed E-state index contributed by atoms with van der Waals surface area (Å²) in [6.07, 6.45) is 0. The van der Waals surface area contributed by atoms with Crippen molar-refractivity contribution in [3.63, 3.8) is 0 Å². The molecule has 26 heavy (non-hydrogen) atoms. The van der Waals surface area contributed by atoms with Gasteiger partial charge in [0.1, 0.15) is 10.5 Å². The molecule has 0 amide bonds. The number of rotatable bonds is 4. The highest BCUT2D eigenvalue weighted by Crippen LogP contribution is 2.28. The molecule has 4 rings (SSSR count). The van der Waals surface area contributed by atoms with Crippen molar-refractivity contribution in [1.82, 2.24) is 9.55 Å². The molecular formula is C19H12ClFN2OS2. The molecule has 4 aromatic rings. The zero-order chi connectivity index (χ0) is 18.1. The molecule has 0 fully saturated rings. The monoisotopic (exact) mass is 402 g/mol. The van der Waals surface area contributed by atoms with E-state index >= 15 is 0 Å². The molecule has 0 spiro atoms. The van der Waals surface area contributed by atoms with Crippen molar-refractivity contribution >= 4 is 44.9 Å². The fourth-order valence-electron chi connectivity index (χ4n) is 2.56. The van der Waals surface area contributed by atoms with Crippen molar-refractivity contribution in [3.8, 4) is 5.69 Å². The van der Waals surface area contributed by atoms with Gasteiger partial charge in [-0.3, -0.25) is 9.36 Å². The van der Waals surface area contributed by atoms with E-state index in [2.05, 4.69) is 4.98 Å². The molecule has 0 N–H and O–H groups in total. The van der Waals surface area contributed by atoms with Crippen LogP contribution in [0.5, 0.6) is 0 Å². The summed E-state index contributed by atoms with van der Waals surface area (Å²) < 4.78 is 15.4. The maximum Gasteiger partial charge on any atom is 0.276 e. The summed E-state index contributed by atoms with van der Waals surface area (Å²) in [6, 6.07) is 15.2. The molecule has 0 aliphatic rings. The number of aromatic nitrogens is 2. The van der Waals surface area contributed by atoms with Crippen LogP contribution in [0, 0.1) is 5.82 Å². The van der Waals surface area contributed by atoms with Gasteiger partial charge in [-0.15, -0.1) is 11.3 Å². The molecule has 0 aliphatic heterocycles. The van der Waals surface area contributed by atoms with Crippen molar-refractivity contribution in [2.45, 2.75) is 10.9 Å². The van der Waals surface area contributed by atoms with Gasteiger partial charge in [0.2, 0.25) is 0 Å². The van der Waals surface area contributed by atoms with Gasteiger partial charge in [0.25, 0.3) is 5.56 Å². The number of nitrogens with zero attached hydrogens (tertiary/aromatic N) is 2. The van der Waals surface area contributed by atoms with Crippen LogP contribution in [0.15, 0.2) is 69.9 Å². The Morgan fingerprint density at radius 2 is 1.88 bits per heavy atom. The fourth-order valence-corrected chi connectivity index (χ4v) is 4.62. The Labute approximate surface area is 162 Å². The number of hydrogen-bond acceptors (Lipinski definition) is 4. The molecule has 0 aliphatic carbocycles. The summed E-state index contributed by atoms with van der Waals surface area (Å²) in [7, 11) is 0. The number of hydrogen-bond donors (Lipinski definition) is 0. The van der Waals surface area contributed by atoms with Crippen LogP contribution in [0.1, 0.15) is 5.56 Å². The van der Waals surface area contributed by atoms with Crippen LogP contribution in [0.2, 0.25) is 5.02 Å². The minimum Gasteiger partial charge on any atom is -0.267 e. The third-order valence-corrected chi connectivity index (χ3v) is 6.10. The highest BCUT2D eigenvalue weighted by atomic mass is 35.5. The van der Waals surface area contributed by atoms with Crippen molar-refractivity contribution in [2.75, 3.05) is 0 Å². The van der Waals surface area contributed by atoms with E-state index in [-0.39, 0.29) is 11.4 Å². The average Bonchev–Trinajstić information content (AvgIpc) is 3.11. The van der Waals surface area contributed by atoms with Crippen LogP contribution >= 0.6 is 34.7 Å². The first-order chi connectivity index (χ1) is 12.6. The molecule has 2 aromatic carbocycles. The van der Waals surface area contributed by atoms with E-state index in [1.54, 1.807) is 12.1 Å². The lowest BCUT2D eigenvalue weighted by atomic mass is 10.2. The fraction of sp³-hybridized carbons (Fsp3) is 0.0526. The highest BCUT2D eigenvalue weighted by Gasteiger charge is 2.15. The zero-order valence-corrected chi connectivity index (χ0v) is 15.7. The number of halogens is 2. The van der Waals surface area contributed by atoms with E-state index < -0.39 is 0 Å². The van der Waals surface area contributed by atoms with Crippen molar-refractivity contribution < 1.29 is 4.39 Å². The predicted octanol–water partition coefficient (Wildman–Crippen LogP) is 5.53. The summed E-state index contributed by atoms with van der Waals surface area (Å²) in [4.78, 5) is 17.6. The largest absolute Gasteiger partial charge is 0.276 e. The first-order valence-corrected chi connectivity index (χ1v) is 10.0. The Hall–Kier alpha value is -2.15. The summed E-state index contributed by atoms with van der Waals surface area (Å²) >= 11 is 9.01. The van der Waals surface area contributed by atoms with Gasteiger partial charge in [-0.1, -0.05) is 41.6 Å². The normalized spacial score (nSPS) is 11.2. The van der Waals surface area contributed by atoms with Crippen LogP contribution in [0.4, 0.5) is 4.39 Å². The van der Waals surface area contributed by atoms with Crippen LogP contribution < -0.4 is 5.56 Å². The Bertz CT molecular complexity index is 1140. The van der Waals surface area contributed by atoms with Crippen LogP contribution in [0.3, 0.4) is 0 Å². The zero-order valence-electron chi connectivity index (χ0n) is 13.4. The topological polar surface area (TPSA) is 34.9 Å². The smallest absolute Gasteiger partial charge is 0.267 e. The second kappa shape index (κ2) is 7.23. The van der Waals surface area contributed by atoms with Gasteiger partial charge in [-0.2, -0.15) is 0 Å². The van der Waals surface area contributed by atoms with Gasteiger partial charge >= 0.3 is 0 Å². The van der Waals surface area contributed by atoms with E-state index in [4.69, 9.17) is 11.6 Å². The van der Waals surface area contributed by atoms with Gasteiger partial charge in [-0.05, 0) is 47.3 Å². The van der Waals surface area contributed by atoms with E-state index in [1.807, 2.05) is 35.7 Å². The van der Waals surface area contributed by atoms with Gasteiger partial charge < -0.3 is 0 Å². The van der Waals surface area contributed by atoms with Gasteiger partial charge in [0, 0.05) is 10.8 Å². The molecule has 0 unspecified atom stereocenters. The lowest BCUT2D eigenvalue weighted by Crippen LogP contribution is -2.20. The second-order valence-corrected chi connectivity index (χ2v) is 7.79. The van der Waals surface area contributed by atoms with E-state index in [9.17, 15) is 9.18 Å². The summed E-state index contributed by atoms with van der Waals surface area (Å²) in [6.45, 7) is 0. The number of thiophene rings is 1. The number of fused-ring (bicyclic) bond motifs is 1. The van der Waals surface area contributed by atoms with Crippen LogP contribution in [-0.2, 0) is 5.75 Å². The maximum atomic E-state index is 13.3. The van der Waals surface area contributed by atoms with Gasteiger partial charge in [0.15, 0.2) is 5.16 Å². The van der Waals surface area contributed by atoms with Crippen molar-refractivity contribution in [2.24, 2.45) is 0 Å². The average molecular weight is 403 g/mol. The molecule has 0 saturated heterocycles. The van der Waals surface area contributed by atoms with Crippen LogP contribution in [0.25, 0.3) is 15.9 Å². The predicted molar refractivity (Wildman–Crippen MR) is 106 cm³/mol. The lowest BCUT2D eigenvalue weighted by molar-refractivity contribution is 0.627.